The van der Waals surface area contributed by atoms with E-state index in [0.29, 0.717) is 94.7 Å². The summed E-state index contributed by atoms with van der Waals surface area (Å²) in [5, 5.41) is 14.3. The molecule has 8 heterocycles. The zero-order valence-electron chi connectivity index (χ0n) is 70.1. The summed E-state index contributed by atoms with van der Waals surface area (Å²) in [6, 6.07) is 59.7. The number of aryl methyl sites for hydroxylation is 5. The first-order valence-electron chi connectivity index (χ1n) is 43.0. The van der Waals surface area contributed by atoms with Gasteiger partial charge in [-0.1, -0.05) is 175 Å². The van der Waals surface area contributed by atoms with E-state index in [1.54, 1.807) is 33.5 Å². The van der Waals surface area contributed by atoms with Gasteiger partial charge in [0.2, 0.25) is 0 Å². The molecule has 3 N–H and O–H groups in total. The van der Waals surface area contributed by atoms with Crippen molar-refractivity contribution in [3.63, 3.8) is 0 Å². The quantitative estimate of drug-likeness (QED) is 0.0354. The van der Waals surface area contributed by atoms with Gasteiger partial charge in [-0.15, -0.1) is 0 Å². The monoisotopic (exact) mass is 1660 g/mol. The summed E-state index contributed by atoms with van der Waals surface area (Å²) >= 11 is 18.8. The lowest BCUT2D eigenvalue weighted by molar-refractivity contribution is 0.0482. The summed E-state index contributed by atoms with van der Waals surface area (Å²) in [5.41, 5.74) is 11.6. The number of ketones is 1. The SMILES string of the molecule is COc1cccc2c(C(=O)NCC(C)C)cn(CCCN3C4CCC3CC(CC(=O)c3ccc(Cl)cc3)C4)c12.COc1cccc2c(C(=O)NCc3cccc(C)c3)cn(CCCN3C4CCC3CC(Oc3ccccc3Cl)C4)c12.COc1cccc2c(C(=O)NCc3cccc(C)c3)cn(CCCN3CCCC(Cc4ccccc4Cl)C3)c12. The number of nitrogens with one attached hydrogen (secondary N) is 3. The first-order chi connectivity index (χ1) is 57.8. The van der Waals surface area contributed by atoms with E-state index < -0.39 is 0 Å². The van der Waals surface area contributed by atoms with Gasteiger partial charge in [0.1, 0.15) is 29.1 Å². The van der Waals surface area contributed by atoms with E-state index in [-0.39, 0.29) is 29.6 Å². The van der Waals surface area contributed by atoms with Crippen LogP contribution in [0.1, 0.15) is 173 Å². The summed E-state index contributed by atoms with van der Waals surface area (Å²) < 4.78 is 30.0. The zero-order valence-corrected chi connectivity index (χ0v) is 72.3. The molecular weight excluding hydrogens is 1550 g/mol. The van der Waals surface area contributed by atoms with Crippen LogP contribution in [-0.2, 0) is 39.1 Å². The number of aromatic nitrogens is 3. The molecule has 5 atom stereocenters. The highest BCUT2D eigenvalue weighted by molar-refractivity contribution is 6.32. The van der Waals surface area contributed by atoms with Crippen molar-refractivity contribution in [2.75, 3.05) is 60.6 Å². The van der Waals surface area contributed by atoms with E-state index in [4.69, 9.17) is 53.8 Å². The van der Waals surface area contributed by atoms with Gasteiger partial charge in [0, 0.05) is 140 Å². The van der Waals surface area contributed by atoms with Crippen LogP contribution in [0.25, 0.3) is 32.7 Å². The number of benzene rings is 8. The fourth-order valence-corrected chi connectivity index (χ4v) is 19.8. The first-order valence-corrected chi connectivity index (χ1v) is 44.1. The Kier molecular flexibility index (Phi) is 29.3. The number of nitrogens with zero attached hydrogens (tertiary/aromatic N) is 6. The lowest BCUT2D eigenvalue weighted by atomic mass is 9.85. The molecule has 3 aromatic heterocycles. The molecule has 11 aromatic rings. The second-order valence-electron chi connectivity index (χ2n) is 33.7. The van der Waals surface area contributed by atoms with Crippen LogP contribution in [0.5, 0.6) is 23.0 Å². The highest BCUT2D eigenvalue weighted by atomic mass is 35.5. The van der Waals surface area contributed by atoms with Crippen molar-refractivity contribution in [1.29, 1.82) is 0 Å². The summed E-state index contributed by atoms with van der Waals surface area (Å²) in [6.45, 7) is 17.8. The standard InChI is InChI=1S/C34H38ClN3O3.C33H38ClN3O2.C32H40ClN3O3/c1-23-8-5-9-24(18-23)21-36-34(39)29-22-37(33-28(29)10-6-13-32(33)40-2)16-7-17-38-25-14-15-26(38)20-27(19-25)41-31-12-4-3-11-30(31)35;1-24-9-5-10-25(19-24)21-35-33(38)29-23-37(32-28(29)13-6-15-31(32)39-2)18-8-17-36-16-7-11-26(22-36)20-27-12-3-4-14-30(27)34;1-21(2)19-34-32(38)28-20-35(31-27(28)6-4-7-30(31)39-3)14-5-15-36-25-12-13-26(36)17-22(16-25)18-29(37)23-8-10-24(33)11-9-23/h3-6,8-13,18,22,25-27H,7,14-17,19-21H2,1-2H3,(H,36,39);3-6,9-10,12-15,19,23,26H,7-8,11,16-18,20-22H2,1-2H3,(H,35,38);4,6-11,20-22,25-26H,5,12-19H2,1-3H3,(H,34,38). The van der Waals surface area contributed by atoms with Crippen molar-refractivity contribution in [3.8, 4) is 23.0 Å². The lowest BCUT2D eigenvalue weighted by Gasteiger charge is -2.39. The molecule has 5 aliphatic rings. The van der Waals surface area contributed by atoms with Crippen LogP contribution < -0.4 is 34.9 Å². The van der Waals surface area contributed by atoms with E-state index in [1.165, 1.54) is 55.2 Å². The number of ether oxygens (including phenoxy) is 4. The summed E-state index contributed by atoms with van der Waals surface area (Å²) in [4.78, 5) is 60.4. The largest absolute Gasteiger partial charge is 0.495 e. The second kappa shape index (κ2) is 40.6. The van der Waals surface area contributed by atoms with Crippen molar-refractivity contribution in [2.24, 2.45) is 17.8 Å². The highest BCUT2D eigenvalue weighted by Gasteiger charge is 2.43. The summed E-state index contributed by atoms with van der Waals surface area (Å²) in [7, 11) is 5.07. The van der Waals surface area contributed by atoms with Gasteiger partial charge in [-0.25, -0.2) is 0 Å². The molecule has 5 unspecified atom stereocenters. The molecule has 119 heavy (non-hydrogen) atoms. The van der Waals surface area contributed by atoms with Crippen LogP contribution in [0.15, 0.2) is 195 Å². The Balaban J connectivity index is 0.000000146. The van der Waals surface area contributed by atoms with E-state index in [2.05, 4.69) is 108 Å². The fraction of sp³-hybridized carbons (Fsp3) is 0.414. The van der Waals surface area contributed by atoms with Gasteiger partial charge in [0.05, 0.1) is 59.6 Å². The number of amides is 3. The average Bonchev–Trinajstić information content (AvgIpc) is 1.65. The highest BCUT2D eigenvalue weighted by Crippen LogP contribution is 2.43. The Bertz CT molecular complexity index is 5280. The smallest absolute Gasteiger partial charge is 0.253 e. The van der Waals surface area contributed by atoms with Gasteiger partial charge in [0.15, 0.2) is 5.78 Å². The maximum Gasteiger partial charge on any atom is 0.253 e. The van der Waals surface area contributed by atoms with Gasteiger partial charge < -0.3 is 53.5 Å². The number of rotatable bonds is 31. The van der Waals surface area contributed by atoms with Crippen molar-refractivity contribution in [2.45, 2.75) is 187 Å². The Morgan fingerprint density at radius 2 is 0.908 bits per heavy atom. The van der Waals surface area contributed by atoms with Crippen LogP contribution in [0.3, 0.4) is 0 Å². The van der Waals surface area contributed by atoms with E-state index in [0.717, 1.165) is 181 Å². The average molecular weight is 1670 g/mol. The third-order valence-corrected chi connectivity index (χ3v) is 25.8. The van der Waals surface area contributed by atoms with Gasteiger partial charge in [0.25, 0.3) is 17.7 Å². The molecule has 626 valence electrons. The number of fused-ring (bicyclic) bond motifs is 7. The maximum absolute atomic E-state index is 13.3. The van der Waals surface area contributed by atoms with Crippen LogP contribution in [0.2, 0.25) is 15.1 Å². The molecule has 5 aliphatic heterocycles. The van der Waals surface area contributed by atoms with Gasteiger partial charge in [-0.05, 0) is 212 Å². The third kappa shape index (κ3) is 21.4. The number of Topliss-reactive ketones (excluding diaryl/α,β-unsaturated/α-hetero) is 1. The number of hydrogen-bond acceptors (Lipinski definition) is 11. The number of likely N-dealkylation sites (tertiary alicyclic amines) is 1. The molecule has 0 radical (unpaired) electrons. The molecule has 5 saturated heterocycles. The number of carbonyl (C=O) groups excluding carboxylic acids is 4. The zero-order chi connectivity index (χ0) is 83.1. The van der Waals surface area contributed by atoms with Crippen LogP contribution >= 0.6 is 34.8 Å². The molecule has 0 aliphatic carbocycles. The van der Waals surface area contributed by atoms with E-state index in [9.17, 15) is 19.2 Å². The van der Waals surface area contributed by atoms with Gasteiger partial charge in [-0.2, -0.15) is 0 Å². The molecule has 4 bridgehead atoms. The maximum atomic E-state index is 13.3. The van der Waals surface area contributed by atoms with Crippen molar-refractivity contribution in [3.05, 3.63) is 260 Å². The number of halogens is 3. The van der Waals surface area contributed by atoms with Gasteiger partial charge in [-0.3, -0.25) is 29.0 Å². The minimum absolute atomic E-state index is 0.0334. The molecule has 0 saturated carbocycles. The Morgan fingerprint density at radius 1 is 0.462 bits per heavy atom. The minimum atomic E-state index is -0.0675. The molecule has 8 aromatic carbocycles. The summed E-state index contributed by atoms with van der Waals surface area (Å²) in [5.74, 6) is 4.71. The number of hydrogen-bond donors (Lipinski definition) is 3. The lowest BCUT2D eigenvalue weighted by Crippen LogP contribution is -2.46. The summed E-state index contributed by atoms with van der Waals surface area (Å²) in [6.07, 6.45) is 22.5. The predicted molar refractivity (Wildman–Crippen MR) is 481 cm³/mol. The normalized spacial score (nSPS) is 19.1. The molecular formula is C99H116Cl3N9O8. The first kappa shape index (κ1) is 85.8. The number of methoxy groups -OCH3 is 3. The third-order valence-electron chi connectivity index (χ3n) is 24.9. The minimum Gasteiger partial charge on any atom is -0.495 e. The number of para-hydroxylation sites is 4. The van der Waals surface area contributed by atoms with Crippen LogP contribution in [0.4, 0.5) is 0 Å². The molecule has 0 spiro atoms. The van der Waals surface area contributed by atoms with E-state index >= 15 is 0 Å². The Labute approximate surface area is 716 Å². The van der Waals surface area contributed by atoms with Crippen LogP contribution in [0, 0.1) is 31.6 Å². The molecule has 3 amide bonds. The van der Waals surface area contributed by atoms with Crippen LogP contribution in [-0.4, -0.2) is 143 Å². The second-order valence-corrected chi connectivity index (χ2v) is 35.0. The Morgan fingerprint density at radius 3 is 1.38 bits per heavy atom. The number of carbonyl (C=O) groups is 4. The van der Waals surface area contributed by atoms with E-state index in [1.807, 2.05) is 146 Å². The molecule has 20 heteroatoms. The van der Waals surface area contributed by atoms with Crippen molar-refractivity contribution >= 4 is 91.0 Å². The fourth-order valence-electron chi connectivity index (χ4n) is 19.3. The molecule has 5 fully saturated rings. The topological polar surface area (TPSA) is 166 Å². The Hall–Kier alpha value is -9.59. The van der Waals surface area contributed by atoms with Gasteiger partial charge >= 0.3 is 0 Å². The predicted octanol–water partition coefficient (Wildman–Crippen LogP) is 20.5. The number of piperidine rings is 3. The molecule has 17 nitrogen and oxygen atoms in total. The van der Waals surface area contributed by atoms with Crippen molar-refractivity contribution < 1.29 is 38.1 Å². The van der Waals surface area contributed by atoms with Crippen molar-refractivity contribution in [1.82, 2.24) is 44.4 Å². The molecule has 16 rings (SSSR count).